The second-order valence-electron chi connectivity index (χ2n) is 23.9. The average molecular weight is 1060 g/mol. The number of ether oxygens (including phenoxy) is 1. The molecule has 0 aromatic heterocycles. The molecule has 0 rings (SSSR count). The van der Waals surface area contributed by atoms with E-state index in [1.807, 2.05) is 6.08 Å². The van der Waals surface area contributed by atoms with E-state index in [1.54, 1.807) is 6.08 Å². The van der Waals surface area contributed by atoms with Gasteiger partial charge in [0.2, 0.25) is 5.91 Å². The first-order valence-electron chi connectivity index (χ1n) is 34.5. The Hall–Kier alpha value is -1.40. The molecule has 2 unspecified atom stereocenters. The number of nitrogens with one attached hydrogen (secondary N) is 1. The number of rotatable bonds is 65. The van der Waals surface area contributed by atoms with Gasteiger partial charge in [-0.2, -0.15) is 0 Å². The molecule has 0 fully saturated rings. The lowest BCUT2D eigenvalue weighted by atomic mass is 10.0. The topological polar surface area (TPSA) is 95.9 Å². The molecule has 75 heavy (non-hydrogen) atoms. The molecule has 446 valence electrons. The monoisotopic (exact) mass is 1060 g/mol. The predicted octanol–water partition coefficient (Wildman–Crippen LogP) is 22.0. The molecule has 0 heterocycles. The number of aliphatic hydroxyl groups is 2. The van der Waals surface area contributed by atoms with Crippen molar-refractivity contribution in [3.05, 3.63) is 12.2 Å². The van der Waals surface area contributed by atoms with Crippen LogP contribution in [0.15, 0.2) is 12.2 Å². The van der Waals surface area contributed by atoms with Gasteiger partial charge in [-0.3, -0.25) is 9.59 Å². The molecule has 0 aromatic rings. The van der Waals surface area contributed by atoms with Crippen molar-refractivity contribution in [3.8, 4) is 0 Å². The van der Waals surface area contributed by atoms with Crippen LogP contribution in [0, 0.1) is 0 Å². The van der Waals surface area contributed by atoms with E-state index in [2.05, 4.69) is 19.2 Å². The summed E-state index contributed by atoms with van der Waals surface area (Å²) >= 11 is 0. The van der Waals surface area contributed by atoms with Crippen LogP contribution < -0.4 is 5.32 Å². The number of aliphatic hydroxyl groups excluding tert-OH is 2. The Bertz CT molecular complexity index is 1130. The third kappa shape index (κ3) is 61.7. The summed E-state index contributed by atoms with van der Waals surface area (Å²) in [6.07, 6.45) is 80.2. The van der Waals surface area contributed by atoms with Crippen molar-refractivity contribution in [3.63, 3.8) is 0 Å². The maximum absolute atomic E-state index is 12.4. The highest BCUT2D eigenvalue weighted by Gasteiger charge is 2.18. The number of allylic oxidation sites excluding steroid dienone is 1. The van der Waals surface area contributed by atoms with Gasteiger partial charge in [-0.15, -0.1) is 0 Å². The van der Waals surface area contributed by atoms with Crippen LogP contribution in [-0.2, 0) is 14.3 Å². The summed E-state index contributed by atoms with van der Waals surface area (Å²) in [6, 6.07) is -0.622. The minimum atomic E-state index is -0.839. The van der Waals surface area contributed by atoms with Crippen molar-refractivity contribution in [2.24, 2.45) is 0 Å². The van der Waals surface area contributed by atoms with E-state index in [1.165, 1.54) is 327 Å². The fourth-order valence-corrected chi connectivity index (χ4v) is 11.1. The lowest BCUT2D eigenvalue weighted by molar-refractivity contribution is -0.143. The molecular weight excluding hydrogens is 923 g/mol. The standard InChI is InChI=1S/C69H135NO5/c1-3-5-7-9-11-13-15-38-43-47-51-55-59-63-69(74)75-64-60-56-52-48-44-40-37-35-33-31-29-27-25-23-21-19-17-18-20-22-24-26-28-30-32-34-36-39-42-46-50-54-58-62-68(73)70-66(65-71)67(72)61-57-53-49-45-41-16-14-12-10-8-6-4-2/h57,61,66-67,71-72H,3-56,58-60,62-65H2,1-2H3,(H,70,73)/b61-57+. The van der Waals surface area contributed by atoms with Crippen molar-refractivity contribution >= 4 is 11.9 Å². The summed E-state index contributed by atoms with van der Waals surface area (Å²) in [5.74, 6) is -0.0382. The molecule has 0 radical (unpaired) electrons. The zero-order valence-corrected chi connectivity index (χ0v) is 51.1. The van der Waals surface area contributed by atoms with E-state index < -0.39 is 12.1 Å². The van der Waals surface area contributed by atoms with Gasteiger partial charge in [-0.25, -0.2) is 0 Å². The molecule has 0 saturated carbocycles. The molecule has 0 aliphatic heterocycles. The first kappa shape index (κ1) is 73.6. The van der Waals surface area contributed by atoms with Crippen LogP contribution >= 0.6 is 0 Å². The highest BCUT2D eigenvalue weighted by atomic mass is 16.5. The Morgan fingerprint density at radius 3 is 0.907 bits per heavy atom. The van der Waals surface area contributed by atoms with Crippen molar-refractivity contribution < 1.29 is 24.5 Å². The highest BCUT2D eigenvalue weighted by Crippen LogP contribution is 2.19. The molecule has 0 aliphatic rings. The Labute approximate surface area is 469 Å². The van der Waals surface area contributed by atoms with Gasteiger partial charge in [-0.1, -0.05) is 360 Å². The van der Waals surface area contributed by atoms with Crippen molar-refractivity contribution in [2.45, 2.75) is 405 Å². The highest BCUT2D eigenvalue weighted by molar-refractivity contribution is 5.76. The molecule has 0 aromatic carbocycles. The van der Waals surface area contributed by atoms with Gasteiger partial charge in [0.1, 0.15) is 0 Å². The molecule has 0 bridgehead atoms. The summed E-state index contributed by atoms with van der Waals surface area (Å²) in [4.78, 5) is 24.5. The normalized spacial score (nSPS) is 12.5. The third-order valence-corrected chi connectivity index (χ3v) is 16.3. The van der Waals surface area contributed by atoms with Gasteiger partial charge in [0.25, 0.3) is 0 Å². The number of hydrogen-bond acceptors (Lipinski definition) is 5. The molecular formula is C69H135NO5. The molecule has 0 saturated heterocycles. The molecule has 0 spiro atoms. The molecule has 2 atom stereocenters. The number of hydrogen-bond donors (Lipinski definition) is 3. The summed E-state index contributed by atoms with van der Waals surface area (Å²) in [7, 11) is 0. The minimum absolute atomic E-state index is 0.0236. The first-order chi connectivity index (χ1) is 37.0. The van der Waals surface area contributed by atoms with Crippen LogP contribution in [0.2, 0.25) is 0 Å². The maximum atomic E-state index is 12.4. The van der Waals surface area contributed by atoms with Gasteiger partial charge in [0.05, 0.1) is 25.4 Å². The van der Waals surface area contributed by atoms with E-state index in [0.29, 0.717) is 19.4 Å². The Morgan fingerprint density at radius 2 is 0.613 bits per heavy atom. The summed E-state index contributed by atoms with van der Waals surface area (Å²) in [5.41, 5.74) is 0. The molecule has 0 aliphatic carbocycles. The lowest BCUT2D eigenvalue weighted by Gasteiger charge is -2.20. The van der Waals surface area contributed by atoms with E-state index in [-0.39, 0.29) is 18.5 Å². The number of esters is 1. The lowest BCUT2D eigenvalue weighted by Crippen LogP contribution is -2.45. The van der Waals surface area contributed by atoms with E-state index in [0.717, 1.165) is 38.5 Å². The quantitative estimate of drug-likeness (QED) is 0.0320. The third-order valence-electron chi connectivity index (χ3n) is 16.3. The molecule has 1 amide bonds. The van der Waals surface area contributed by atoms with Crippen molar-refractivity contribution in [1.29, 1.82) is 0 Å². The largest absolute Gasteiger partial charge is 0.466 e. The number of amides is 1. The first-order valence-corrected chi connectivity index (χ1v) is 34.5. The molecule has 6 heteroatoms. The van der Waals surface area contributed by atoms with Gasteiger partial charge in [0, 0.05) is 12.8 Å². The van der Waals surface area contributed by atoms with Crippen LogP contribution in [0.4, 0.5) is 0 Å². The number of unbranched alkanes of at least 4 members (excludes halogenated alkanes) is 54. The van der Waals surface area contributed by atoms with Crippen LogP contribution in [0.1, 0.15) is 393 Å². The minimum Gasteiger partial charge on any atom is -0.466 e. The second kappa shape index (κ2) is 65.1. The number of carbonyl (C=O) groups excluding carboxylic acids is 2. The Kier molecular flexibility index (Phi) is 63.9. The van der Waals surface area contributed by atoms with Crippen LogP contribution in [0.25, 0.3) is 0 Å². The summed E-state index contributed by atoms with van der Waals surface area (Å²) in [6.45, 7) is 4.93. The van der Waals surface area contributed by atoms with Crippen molar-refractivity contribution in [2.75, 3.05) is 13.2 Å². The van der Waals surface area contributed by atoms with E-state index in [4.69, 9.17) is 4.74 Å². The van der Waals surface area contributed by atoms with E-state index >= 15 is 0 Å². The Balaban J connectivity index is 3.30. The summed E-state index contributed by atoms with van der Waals surface area (Å²) in [5, 5.41) is 23.1. The van der Waals surface area contributed by atoms with Crippen LogP contribution in [0.3, 0.4) is 0 Å². The zero-order chi connectivity index (χ0) is 54.3. The predicted molar refractivity (Wildman–Crippen MR) is 329 cm³/mol. The van der Waals surface area contributed by atoms with Gasteiger partial charge in [-0.05, 0) is 32.1 Å². The van der Waals surface area contributed by atoms with Crippen LogP contribution in [0.5, 0.6) is 0 Å². The van der Waals surface area contributed by atoms with Gasteiger partial charge >= 0.3 is 5.97 Å². The van der Waals surface area contributed by atoms with E-state index in [9.17, 15) is 19.8 Å². The Morgan fingerprint density at radius 1 is 0.360 bits per heavy atom. The maximum Gasteiger partial charge on any atom is 0.305 e. The second-order valence-corrected chi connectivity index (χ2v) is 23.9. The summed E-state index contributed by atoms with van der Waals surface area (Å²) < 4.78 is 5.49. The molecule has 3 N–H and O–H groups in total. The van der Waals surface area contributed by atoms with Gasteiger partial charge in [0.15, 0.2) is 0 Å². The fraction of sp³-hybridized carbons (Fsp3) is 0.942. The van der Waals surface area contributed by atoms with Crippen LogP contribution in [-0.4, -0.2) is 47.4 Å². The average Bonchev–Trinajstić information content (AvgIpc) is 3.41. The van der Waals surface area contributed by atoms with Gasteiger partial charge < -0.3 is 20.3 Å². The van der Waals surface area contributed by atoms with Crippen molar-refractivity contribution in [1.82, 2.24) is 5.32 Å². The number of carbonyl (C=O) groups is 2. The fourth-order valence-electron chi connectivity index (χ4n) is 11.1. The SMILES string of the molecule is CCCCCCCCCCCC/C=C/C(O)C(CO)NC(=O)CCCCCCCCCCCCCCCCCCCCCCCCCCCCCCCCCCCOC(=O)CCCCCCCCCCCCCCC. The molecule has 6 nitrogen and oxygen atoms in total. The zero-order valence-electron chi connectivity index (χ0n) is 51.1. The smallest absolute Gasteiger partial charge is 0.305 e.